The molecule has 3 aromatic rings. The lowest BCUT2D eigenvalue weighted by Gasteiger charge is -2.36. The standard InChI is InChI=1S/C30H35N3O4S/c1-20-17-21(2)26(22(3)18-20)13-14-28-29(23(4)31-37-28)38(35,36)32-15-7-11-25(19-32)30(34)33-16-8-10-24-9-5-6-12-27(24)33/h5-6,9,12-14,17-18,25H,7-8,10-11,15-16,19H2,1-4H3/b14-13+/t25-/m1/s1. The maximum absolute atomic E-state index is 13.9. The number of benzene rings is 2. The Kier molecular flexibility index (Phi) is 7.29. The molecule has 1 aromatic heterocycles. The summed E-state index contributed by atoms with van der Waals surface area (Å²) in [6.07, 6.45) is 6.74. The van der Waals surface area contributed by atoms with E-state index in [1.165, 1.54) is 15.4 Å². The van der Waals surface area contributed by atoms with Crippen LogP contribution in [0, 0.1) is 33.6 Å². The van der Waals surface area contributed by atoms with Gasteiger partial charge in [0.05, 0.1) is 5.92 Å². The molecule has 2 aliphatic heterocycles. The molecule has 7 nitrogen and oxygen atoms in total. The molecule has 1 amide bonds. The summed E-state index contributed by atoms with van der Waals surface area (Å²) in [5.74, 6) is -0.175. The van der Waals surface area contributed by atoms with Gasteiger partial charge in [0.15, 0.2) is 10.7 Å². The minimum atomic E-state index is -3.91. The first kappa shape index (κ1) is 26.4. The van der Waals surface area contributed by atoms with Crippen LogP contribution in [0.5, 0.6) is 0 Å². The predicted molar refractivity (Wildman–Crippen MR) is 149 cm³/mol. The number of nitrogens with zero attached hydrogens (tertiary/aromatic N) is 3. The van der Waals surface area contributed by atoms with Crippen LogP contribution in [0.25, 0.3) is 12.2 Å². The number of sulfonamides is 1. The molecule has 0 radical (unpaired) electrons. The van der Waals surface area contributed by atoms with E-state index in [0.717, 1.165) is 35.2 Å². The smallest absolute Gasteiger partial charge is 0.248 e. The topological polar surface area (TPSA) is 83.7 Å². The van der Waals surface area contributed by atoms with E-state index in [1.807, 2.05) is 43.0 Å². The number of amides is 1. The number of para-hydroxylation sites is 1. The number of hydrogen-bond acceptors (Lipinski definition) is 5. The minimum absolute atomic E-state index is 0.00420. The van der Waals surface area contributed by atoms with Crippen molar-refractivity contribution in [3.05, 3.63) is 75.7 Å². The van der Waals surface area contributed by atoms with Gasteiger partial charge < -0.3 is 9.42 Å². The number of aryl methyl sites for hydroxylation is 5. The van der Waals surface area contributed by atoms with Gasteiger partial charge in [-0.05, 0) is 87.8 Å². The zero-order valence-corrected chi connectivity index (χ0v) is 23.3. The lowest BCUT2D eigenvalue weighted by Crippen LogP contribution is -2.48. The number of anilines is 1. The third-order valence-electron chi connectivity index (χ3n) is 7.68. The summed E-state index contributed by atoms with van der Waals surface area (Å²) in [4.78, 5) is 15.5. The molecular weight excluding hydrogens is 498 g/mol. The molecule has 1 fully saturated rings. The first-order valence-corrected chi connectivity index (χ1v) is 14.7. The first-order valence-electron chi connectivity index (χ1n) is 13.3. The van der Waals surface area contributed by atoms with Gasteiger partial charge in [0.2, 0.25) is 15.9 Å². The van der Waals surface area contributed by atoms with E-state index in [4.69, 9.17) is 4.52 Å². The van der Waals surface area contributed by atoms with E-state index in [1.54, 1.807) is 13.0 Å². The third-order valence-corrected chi connectivity index (χ3v) is 9.70. The van der Waals surface area contributed by atoms with Crippen molar-refractivity contribution < 1.29 is 17.7 Å². The molecular formula is C30H35N3O4S. The highest BCUT2D eigenvalue weighted by Gasteiger charge is 2.38. The normalized spacial score (nSPS) is 18.6. The van der Waals surface area contributed by atoms with Crippen LogP contribution < -0.4 is 4.90 Å². The highest BCUT2D eigenvalue weighted by Crippen LogP contribution is 2.33. The van der Waals surface area contributed by atoms with Gasteiger partial charge in [0.25, 0.3) is 0 Å². The average Bonchev–Trinajstić information content (AvgIpc) is 3.28. The van der Waals surface area contributed by atoms with Gasteiger partial charge in [-0.3, -0.25) is 4.79 Å². The maximum Gasteiger partial charge on any atom is 0.248 e. The van der Waals surface area contributed by atoms with Crippen molar-refractivity contribution in [2.24, 2.45) is 5.92 Å². The molecule has 1 saturated heterocycles. The van der Waals surface area contributed by atoms with Gasteiger partial charge in [-0.1, -0.05) is 47.1 Å². The molecule has 8 heteroatoms. The molecule has 2 aliphatic rings. The number of hydrogen-bond donors (Lipinski definition) is 0. The van der Waals surface area contributed by atoms with Gasteiger partial charge in [0, 0.05) is 25.3 Å². The lowest BCUT2D eigenvalue weighted by molar-refractivity contribution is -0.123. The Hall–Kier alpha value is -3.23. The molecule has 2 aromatic carbocycles. The summed E-state index contributed by atoms with van der Waals surface area (Å²) in [5, 5.41) is 3.99. The van der Waals surface area contributed by atoms with Crippen LogP contribution >= 0.6 is 0 Å². The van der Waals surface area contributed by atoms with Crippen LogP contribution in [0.4, 0.5) is 5.69 Å². The second kappa shape index (κ2) is 10.5. The fourth-order valence-corrected chi connectivity index (χ4v) is 7.66. The zero-order valence-electron chi connectivity index (χ0n) is 22.5. The molecule has 5 rings (SSSR count). The molecule has 0 aliphatic carbocycles. The summed E-state index contributed by atoms with van der Waals surface area (Å²) in [6.45, 7) is 8.96. The van der Waals surface area contributed by atoms with Gasteiger partial charge in [-0.25, -0.2) is 8.42 Å². The van der Waals surface area contributed by atoms with E-state index in [0.29, 0.717) is 31.6 Å². The number of aromatic nitrogens is 1. The monoisotopic (exact) mass is 533 g/mol. The summed E-state index contributed by atoms with van der Waals surface area (Å²) < 4.78 is 34.7. The van der Waals surface area contributed by atoms with Crippen molar-refractivity contribution in [1.82, 2.24) is 9.46 Å². The van der Waals surface area contributed by atoms with Gasteiger partial charge in [0.1, 0.15) is 5.69 Å². The Labute approximate surface area is 225 Å². The summed E-state index contributed by atoms with van der Waals surface area (Å²) in [7, 11) is -3.91. The molecule has 0 bridgehead atoms. The number of fused-ring (bicyclic) bond motifs is 1. The number of piperidine rings is 1. The van der Waals surface area contributed by atoms with Crippen molar-refractivity contribution in [2.75, 3.05) is 24.5 Å². The highest BCUT2D eigenvalue weighted by atomic mass is 32.2. The fourth-order valence-electron chi connectivity index (χ4n) is 5.89. The second-order valence-corrected chi connectivity index (χ2v) is 12.4. The Morgan fingerprint density at radius 3 is 2.53 bits per heavy atom. The Morgan fingerprint density at radius 2 is 1.76 bits per heavy atom. The third kappa shape index (κ3) is 4.95. The van der Waals surface area contributed by atoms with E-state index >= 15 is 0 Å². The summed E-state index contributed by atoms with van der Waals surface area (Å²) in [5.41, 5.74) is 6.86. The first-order chi connectivity index (χ1) is 18.2. The molecule has 200 valence electrons. The Morgan fingerprint density at radius 1 is 1.03 bits per heavy atom. The van der Waals surface area contributed by atoms with E-state index in [-0.39, 0.29) is 29.0 Å². The van der Waals surface area contributed by atoms with Crippen LogP contribution in [0.1, 0.15) is 58.5 Å². The highest BCUT2D eigenvalue weighted by molar-refractivity contribution is 7.89. The van der Waals surface area contributed by atoms with Crippen molar-refractivity contribution in [1.29, 1.82) is 0 Å². The molecule has 0 unspecified atom stereocenters. The van der Waals surface area contributed by atoms with Crippen LogP contribution in [0.2, 0.25) is 0 Å². The molecule has 0 N–H and O–H groups in total. The van der Waals surface area contributed by atoms with Crippen molar-refractivity contribution in [3.8, 4) is 0 Å². The number of carbonyl (C=O) groups excluding carboxylic acids is 1. The molecule has 1 atom stereocenters. The SMILES string of the molecule is Cc1cc(C)c(/C=C/c2onc(C)c2S(=O)(=O)N2CCC[C@@H](C(=O)N3CCCc4ccccc43)C2)c(C)c1. The van der Waals surface area contributed by atoms with Crippen molar-refractivity contribution in [3.63, 3.8) is 0 Å². The number of rotatable bonds is 5. The van der Waals surface area contributed by atoms with Gasteiger partial charge >= 0.3 is 0 Å². The zero-order chi connectivity index (χ0) is 27.0. The van der Waals surface area contributed by atoms with Gasteiger partial charge in [-0.15, -0.1) is 0 Å². The minimum Gasteiger partial charge on any atom is -0.355 e. The molecule has 0 saturated carbocycles. The Bertz CT molecular complexity index is 1480. The largest absolute Gasteiger partial charge is 0.355 e. The van der Waals surface area contributed by atoms with E-state index < -0.39 is 10.0 Å². The fraction of sp³-hybridized carbons (Fsp3) is 0.400. The predicted octanol–water partition coefficient (Wildman–Crippen LogP) is 5.46. The maximum atomic E-state index is 13.9. The molecule has 3 heterocycles. The van der Waals surface area contributed by atoms with Crippen molar-refractivity contribution >= 4 is 33.8 Å². The van der Waals surface area contributed by atoms with Crippen LogP contribution in [-0.4, -0.2) is 43.4 Å². The van der Waals surface area contributed by atoms with E-state index in [2.05, 4.69) is 30.3 Å². The van der Waals surface area contributed by atoms with E-state index in [9.17, 15) is 13.2 Å². The average molecular weight is 534 g/mol. The van der Waals surface area contributed by atoms with Gasteiger partial charge in [-0.2, -0.15) is 4.31 Å². The molecule has 38 heavy (non-hydrogen) atoms. The van der Waals surface area contributed by atoms with Crippen LogP contribution in [-0.2, 0) is 21.2 Å². The van der Waals surface area contributed by atoms with Crippen molar-refractivity contribution in [2.45, 2.75) is 58.3 Å². The van der Waals surface area contributed by atoms with Crippen LogP contribution in [0.3, 0.4) is 0 Å². The quantitative estimate of drug-likeness (QED) is 0.435. The van der Waals surface area contributed by atoms with Crippen LogP contribution in [0.15, 0.2) is 45.8 Å². The molecule has 0 spiro atoms. The summed E-state index contributed by atoms with van der Waals surface area (Å²) in [6, 6.07) is 12.2. The lowest BCUT2D eigenvalue weighted by atomic mass is 9.95. The Balaban J connectivity index is 1.40. The summed E-state index contributed by atoms with van der Waals surface area (Å²) >= 11 is 0. The number of carbonyl (C=O) groups is 1. The second-order valence-electron chi connectivity index (χ2n) is 10.5.